The molecule has 16 heteroatoms. The number of nitrogens with one attached hydrogen (secondary N) is 1. The quantitative estimate of drug-likeness (QED) is 0.274. The normalized spacial score (nSPS) is 12.4. The zero-order chi connectivity index (χ0) is 29.3. The van der Waals surface area contributed by atoms with Crippen LogP contribution in [0, 0.1) is 6.92 Å². The molecule has 1 amide bonds. The zero-order valence-corrected chi connectivity index (χ0v) is 22.7. The van der Waals surface area contributed by atoms with Crippen LogP contribution in [0.1, 0.15) is 21.1 Å². The Hall–Kier alpha value is -4.34. The number of nitrogens with zero attached hydrogens (tertiary/aromatic N) is 7. The summed E-state index contributed by atoms with van der Waals surface area (Å²) in [6.07, 6.45) is -4.76. The van der Waals surface area contributed by atoms with E-state index in [1.165, 1.54) is 46.6 Å². The summed E-state index contributed by atoms with van der Waals surface area (Å²) < 4.78 is 42.3. The van der Waals surface area contributed by atoms with Crippen molar-refractivity contribution in [1.82, 2.24) is 34.1 Å². The lowest BCUT2D eigenvalue weighted by molar-refractivity contribution is -0.207. The van der Waals surface area contributed by atoms with Crippen molar-refractivity contribution in [2.24, 2.45) is 0 Å². The number of hydrogen-bond acceptors (Lipinski definition) is 8. The first-order valence-electron chi connectivity index (χ1n) is 11.9. The van der Waals surface area contributed by atoms with Crippen LogP contribution in [0.2, 0.25) is 5.02 Å². The molecule has 212 valence electrons. The van der Waals surface area contributed by atoms with E-state index < -0.39 is 30.4 Å². The summed E-state index contributed by atoms with van der Waals surface area (Å²) in [5, 5.41) is 21.8. The average molecular weight is 605 g/mol. The summed E-state index contributed by atoms with van der Waals surface area (Å²) in [4.78, 5) is 35.3. The van der Waals surface area contributed by atoms with Crippen molar-refractivity contribution >= 4 is 34.0 Å². The van der Waals surface area contributed by atoms with Gasteiger partial charge in [0.2, 0.25) is 0 Å². The topological polar surface area (TPSA) is 133 Å². The summed E-state index contributed by atoms with van der Waals surface area (Å²) in [6.45, 7) is 0.501. The summed E-state index contributed by atoms with van der Waals surface area (Å²) >= 11 is 7.24. The van der Waals surface area contributed by atoms with Gasteiger partial charge < -0.3 is 5.11 Å². The molecular formula is C25H20ClF3N8O3S. The van der Waals surface area contributed by atoms with Crippen LogP contribution in [0.4, 0.5) is 18.3 Å². The van der Waals surface area contributed by atoms with Crippen LogP contribution in [-0.2, 0) is 13.1 Å². The number of aliphatic hydroxyl groups is 1. The Morgan fingerprint density at radius 1 is 1.12 bits per heavy atom. The number of alkyl halides is 3. The molecule has 0 aliphatic heterocycles. The van der Waals surface area contributed by atoms with E-state index in [2.05, 4.69) is 25.5 Å². The second-order valence-electron chi connectivity index (χ2n) is 8.79. The highest BCUT2D eigenvalue weighted by molar-refractivity contribution is 7.15. The highest BCUT2D eigenvalue weighted by atomic mass is 35.5. The Labute approximate surface area is 238 Å². The molecule has 0 saturated carbocycles. The number of aromatic nitrogens is 7. The molecule has 0 spiro atoms. The van der Waals surface area contributed by atoms with E-state index >= 15 is 0 Å². The Kier molecular flexibility index (Phi) is 7.75. The lowest BCUT2D eigenvalue weighted by atomic mass is 10.1. The van der Waals surface area contributed by atoms with Crippen LogP contribution in [0.15, 0.2) is 65.8 Å². The summed E-state index contributed by atoms with van der Waals surface area (Å²) in [5.41, 5.74) is 0.0797. The van der Waals surface area contributed by atoms with Crippen molar-refractivity contribution in [3.05, 3.63) is 92.8 Å². The second-order valence-corrected chi connectivity index (χ2v) is 10.5. The third kappa shape index (κ3) is 6.21. The van der Waals surface area contributed by atoms with Crippen molar-refractivity contribution in [3.8, 4) is 17.1 Å². The maximum atomic E-state index is 13.1. The number of rotatable bonds is 8. The number of hydrogen-bond donors (Lipinski definition) is 2. The van der Waals surface area contributed by atoms with Crippen LogP contribution >= 0.6 is 22.9 Å². The molecule has 2 N–H and O–H groups in total. The monoisotopic (exact) mass is 604 g/mol. The van der Waals surface area contributed by atoms with Gasteiger partial charge in [-0.1, -0.05) is 23.7 Å². The van der Waals surface area contributed by atoms with Gasteiger partial charge in [-0.2, -0.15) is 13.2 Å². The van der Waals surface area contributed by atoms with Gasteiger partial charge in [0.25, 0.3) is 5.91 Å². The van der Waals surface area contributed by atoms with Crippen molar-refractivity contribution in [1.29, 1.82) is 0 Å². The van der Waals surface area contributed by atoms with Gasteiger partial charge in [0.15, 0.2) is 22.9 Å². The minimum absolute atomic E-state index is 0.0986. The average Bonchev–Trinajstić information content (AvgIpc) is 3.64. The number of benzene rings is 2. The lowest BCUT2D eigenvalue weighted by Gasteiger charge is -2.15. The van der Waals surface area contributed by atoms with E-state index in [1.807, 2.05) is 6.92 Å². The maximum Gasteiger partial charge on any atom is 0.416 e. The molecule has 0 aliphatic rings. The van der Waals surface area contributed by atoms with E-state index in [4.69, 9.17) is 11.6 Å². The molecule has 11 nitrogen and oxygen atoms in total. The highest BCUT2D eigenvalue weighted by Crippen LogP contribution is 2.24. The van der Waals surface area contributed by atoms with Crippen molar-refractivity contribution in [3.63, 3.8) is 0 Å². The number of aliphatic hydroxyl groups excluding tert-OH is 1. The Morgan fingerprint density at radius 3 is 2.54 bits per heavy atom. The van der Waals surface area contributed by atoms with Gasteiger partial charge in [-0.25, -0.2) is 24.1 Å². The SMILES string of the molecule is Cc1cnc(NC(=O)c2ccccc2-n2cnc(Cn3nc(-c4ccc(Cl)cc4)n(CC(O)C(F)(F)F)c3=O)n2)s1. The van der Waals surface area contributed by atoms with Gasteiger partial charge in [0, 0.05) is 21.7 Å². The van der Waals surface area contributed by atoms with Gasteiger partial charge in [-0.05, 0) is 43.3 Å². The molecule has 41 heavy (non-hydrogen) atoms. The first-order chi connectivity index (χ1) is 19.5. The fourth-order valence-electron chi connectivity index (χ4n) is 3.86. The van der Waals surface area contributed by atoms with Gasteiger partial charge in [-0.15, -0.1) is 21.5 Å². The number of thiazole rings is 1. The maximum absolute atomic E-state index is 13.1. The standard InChI is InChI=1S/C25H20ClF3N8O3S/c1-14-10-30-23(41-14)32-22(39)17-4-2-3-5-18(17)37-13-31-20(33-37)12-36-24(40)35(11-19(38)25(27,28)29)21(34-36)15-6-8-16(26)9-7-15/h2-10,13,19,38H,11-12H2,1H3,(H,30,32,39). The molecule has 0 fully saturated rings. The van der Waals surface area contributed by atoms with Gasteiger partial charge in [0.05, 0.1) is 17.8 Å². The molecule has 5 rings (SSSR count). The molecule has 1 unspecified atom stereocenters. The third-order valence-electron chi connectivity index (χ3n) is 5.83. The lowest BCUT2D eigenvalue weighted by Crippen LogP contribution is -2.37. The van der Waals surface area contributed by atoms with Crippen LogP contribution in [0.25, 0.3) is 17.1 Å². The molecule has 5 aromatic rings. The Balaban J connectivity index is 1.44. The molecule has 2 aromatic carbocycles. The number of halogens is 4. The third-order valence-corrected chi connectivity index (χ3v) is 6.91. The molecule has 1 atom stereocenters. The van der Waals surface area contributed by atoms with E-state index in [1.54, 1.807) is 30.5 Å². The summed E-state index contributed by atoms with van der Waals surface area (Å²) in [5.74, 6) is -0.423. The van der Waals surface area contributed by atoms with Crippen LogP contribution in [0.5, 0.6) is 0 Å². The van der Waals surface area contributed by atoms with Gasteiger partial charge in [0.1, 0.15) is 12.9 Å². The summed E-state index contributed by atoms with van der Waals surface area (Å²) in [7, 11) is 0. The minimum atomic E-state index is -4.95. The van der Waals surface area contributed by atoms with E-state index in [-0.39, 0.29) is 23.8 Å². The summed E-state index contributed by atoms with van der Waals surface area (Å²) in [6, 6.07) is 12.6. The number of amides is 1. The fraction of sp³-hybridized carbons (Fsp3) is 0.200. The van der Waals surface area contributed by atoms with Crippen LogP contribution < -0.4 is 11.0 Å². The zero-order valence-electron chi connectivity index (χ0n) is 21.1. The molecular weight excluding hydrogens is 585 g/mol. The van der Waals surface area contributed by atoms with E-state index in [9.17, 15) is 27.9 Å². The van der Waals surface area contributed by atoms with E-state index in [0.717, 1.165) is 14.1 Å². The number of aryl methyl sites for hydroxylation is 1. The highest BCUT2D eigenvalue weighted by Gasteiger charge is 2.39. The second kappa shape index (κ2) is 11.3. The van der Waals surface area contributed by atoms with Crippen LogP contribution in [0.3, 0.4) is 0 Å². The first kappa shape index (κ1) is 28.2. The molecule has 0 aliphatic carbocycles. The largest absolute Gasteiger partial charge is 0.416 e. The number of carbonyl (C=O) groups excluding carboxylic acids is 1. The van der Waals surface area contributed by atoms with Crippen molar-refractivity contribution < 1.29 is 23.1 Å². The predicted molar refractivity (Wildman–Crippen MR) is 144 cm³/mol. The Morgan fingerprint density at radius 2 is 1.85 bits per heavy atom. The molecule has 3 heterocycles. The molecule has 0 radical (unpaired) electrons. The molecule has 0 saturated heterocycles. The number of carbonyl (C=O) groups is 1. The predicted octanol–water partition coefficient (Wildman–Crippen LogP) is 3.93. The number of anilines is 1. The first-order valence-corrected chi connectivity index (χ1v) is 13.1. The fourth-order valence-corrected chi connectivity index (χ4v) is 4.65. The van der Waals surface area contributed by atoms with E-state index in [0.29, 0.717) is 21.4 Å². The Bertz CT molecular complexity index is 1760. The van der Waals surface area contributed by atoms with Gasteiger partial charge >= 0.3 is 11.9 Å². The van der Waals surface area contributed by atoms with Crippen LogP contribution in [-0.4, -0.2) is 57.4 Å². The molecule has 0 bridgehead atoms. The van der Waals surface area contributed by atoms with Crippen molar-refractivity contribution in [2.75, 3.05) is 5.32 Å². The van der Waals surface area contributed by atoms with Crippen molar-refractivity contribution in [2.45, 2.75) is 32.3 Å². The van der Waals surface area contributed by atoms with Gasteiger partial charge in [-0.3, -0.25) is 14.7 Å². The number of para-hydroxylation sites is 1. The smallest absolute Gasteiger partial charge is 0.382 e. The minimum Gasteiger partial charge on any atom is -0.382 e. The molecule has 3 aromatic heterocycles.